The van der Waals surface area contributed by atoms with Gasteiger partial charge in [-0.05, 0) is 73.2 Å². The number of rotatable bonds is 9. The Morgan fingerprint density at radius 3 is 2.32 bits per heavy atom. The number of carbonyl (C=O) groups excluding carboxylic acids is 2. The number of nitrogens with one attached hydrogen (secondary N) is 2. The fraction of sp³-hybridized carbons (Fsp3) is 0.0714. The Morgan fingerprint density at radius 2 is 1.63 bits per heavy atom. The Balaban J connectivity index is 1.43. The van der Waals surface area contributed by atoms with E-state index in [9.17, 15) is 22.4 Å². The molecule has 0 radical (unpaired) electrons. The zero-order chi connectivity index (χ0) is 27.3. The number of benzene rings is 4. The van der Waals surface area contributed by atoms with Crippen molar-refractivity contribution in [2.45, 2.75) is 11.8 Å². The summed E-state index contributed by atoms with van der Waals surface area (Å²) >= 11 is 6.09. The van der Waals surface area contributed by atoms with Crippen LogP contribution in [0, 0.1) is 12.7 Å². The summed E-state index contributed by atoms with van der Waals surface area (Å²) in [6, 6.07) is 22.3. The van der Waals surface area contributed by atoms with Crippen molar-refractivity contribution in [3.8, 4) is 5.75 Å². The molecule has 0 saturated heterocycles. The van der Waals surface area contributed by atoms with Crippen molar-refractivity contribution >= 4 is 44.7 Å². The van der Waals surface area contributed by atoms with Crippen LogP contribution >= 0.6 is 11.6 Å². The zero-order valence-corrected chi connectivity index (χ0v) is 21.6. The lowest BCUT2D eigenvalue weighted by molar-refractivity contribution is -0.118. The molecule has 38 heavy (non-hydrogen) atoms. The Hall–Kier alpha value is -4.21. The Morgan fingerprint density at radius 1 is 0.921 bits per heavy atom. The summed E-state index contributed by atoms with van der Waals surface area (Å²) in [6.07, 6.45) is 0. The SMILES string of the molecule is Cc1cc(S(=O)(=O)Nc2ccc(F)cc2)ccc1OCC(=O)Nc1ccc(Cl)cc1C(=O)c1ccccc1. The molecule has 1 amide bonds. The van der Waals surface area contributed by atoms with Crippen LogP contribution < -0.4 is 14.8 Å². The Labute approximate surface area is 224 Å². The van der Waals surface area contributed by atoms with Gasteiger partial charge in [-0.25, -0.2) is 12.8 Å². The number of carbonyl (C=O) groups is 2. The van der Waals surface area contributed by atoms with Gasteiger partial charge in [-0.3, -0.25) is 14.3 Å². The van der Waals surface area contributed by atoms with E-state index in [0.29, 0.717) is 21.9 Å². The topological polar surface area (TPSA) is 102 Å². The fourth-order valence-electron chi connectivity index (χ4n) is 3.57. The lowest BCUT2D eigenvalue weighted by Gasteiger charge is -2.14. The highest BCUT2D eigenvalue weighted by Gasteiger charge is 2.18. The number of amides is 1. The summed E-state index contributed by atoms with van der Waals surface area (Å²) in [5.41, 5.74) is 1.65. The van der Waals surface area contributed by atoms with Gasteiger partial charge in [0.05, 0.1) is 10.6 Å². The second-order valence-electron chi connectivity index (χ2n) is 8.26. The normalized spacial score (nSPS) is 11.0. The van der Waals surface area contributed by atoms with Gasteiger partial charge in [-0.2, -0.15) is 0 Å². The van der Waals surface area contributed by atoms with Gasteiger partial charge in [0, 0.05) is 21.8 Å². The van der Waals surface area contributed by atoms with Crippen LogP contribution in [0.4, 0.5) is 15.8 Å². The van der Waals surface area contributed by atoms with Crippen LogP contribution in [0.2, 0.25) is 5.02 Å². The van der Waals surface area contributed by atoms with Gasteiger partial charge >= 0.3 is 0 Å². The first kappa shape index (κ1) is 26.8. The van der Waals surface area contributed by atoms with E-state index in [-0.39, 0.29) is 34.2 Å². The van der Waals surface area contributed by atoms with Gasteiger partial charge in [0.1, 0.15) is 11.6 Å². The number of hydrogen-bond acceptors (Lipinski definition) is 5. The lowest BCUT2D eigenvalue weighted by Crippen LogP contribution is -2.22. The molecule has 4 aromatic rings. The van der Waals surface area contributed by atoms with E-state index >= 15 is 0 Å². The maximum absolute atomic E-state index is 13.1. The van der Waals surface area contributed by atoms with E-state index < -0.39 is 21.7 Å². The molecule has 194 valence electrons. The first-order chi connectivity index (χ1) is 18.1. The number of ether oxygens (including phenoxy) is 1. The molecule has 2 N–H and O–H groups in total. The van der Waals surface area contributed by atoms with Crippen LogP contribution in [0.3, 0.4) is 0 Å². The van der Waals surface area contributed by atoms with Crippen LogP contribution in [0.5, 0.6) is 5.75 Å². The third-order valence-electron chi connectivity index (χ3n) is 5.45. The van der Waals surface area contributed by atoms with E-state index in [2.05, 4.69) is 10.0 Å². The molecule has 0 aliphatic heterocycles. The fourth-order valence-corrected chi connectivity index (χ4v) is 4.89. The molecular formula is C28H22ClFN2O5S. The molecule has 0 bridgehead atoms. The van der Waals surface area contributed by atoms with Crippen molar-refractivity contribution < 1.29 is 27.1 Å². The van der Waals surface area contributed by atoms with Crippen LogP contribution in [-0.4, -0.2) is 26.7 Å². The molecule has 4 aromatic carbocycles. The zero-order valence-electron chi connectivity index (χ0n) is 20.1. The molecule has 0 fully saturated rings. The second kappa shape index (κ2) is 11.5. The number of anilines is 2. The average Bonchev–Trinajstić information content (AvgIpc) is 2.90. The van der Waals surface area contributed by atoms with E-state index in [1.54, 1.807) is 43.3 Å². The summed E-state index contributed by atoms with van der Waals surface area (Å²) in [6.45, 7) is 1.25. The van der Waals surface area contributed by atoms with Crippen molar-refractivity contribution in [3.63, 3.8) is 0 Å². The first-order valence-electron chi connectivity index (χ1n) is 11.3. The highest BCUT2D eigenvalue weighted by molar-refractivity contribution is 7.92. The van der Waals surface area contributed by atoms with Crippen molar-refractivity contribution in [2.24, 2.45) is 0 Å². The number of ketones is 1. The van der Waals surface area contributed by atoms with Crippen molar-refractivity contribution in [1.29, 1.82) is 0 Å². The van der Waals surface area contributed by atoms with Crippen molar-refractivity contribution in [2.75, 3.05) is 16.6 Å². The third-order valence-corrected chi connectivity index (χ3v) is 7.06. The van der Waals surface area contributed by atoms with Crippen LogP contribution in [-0.2, 0) is 14.8 Å². The van der Waals surface area contributed by atoms with Gasteiger partial charge in [0.15, 0.2) is 12.4 Å². The predicted octanol–water partition coefficient (Wildman–Crippen LogP) is 5.84. The minimum absolute atomic E-state index is 0.0265. The number of sulfonamides is 1. The monoisotopic (exact) mass is 552 g/mol. The number of halogens is 2. The molecule has 0 saturated carbocycles. The number of aryl methyl sites for hydroxylation is 1. The molecule has 0 aromatic heterocycles. The van der Waals surface area contributed by atoms with Crippen LogP contribution in [0.25, 0.3) is 0 Å². The average molecular weight is 553 g/mol. The minimum Gasteiger partial charge on any atom is -0.483 e. The largest absolute Gasteiger partial charge is 0.483 e. The summed E-state index contributed by atoms with van der Waals surface area (Å²) in [4.78, 5) is 25.6. The lowest BCUT2D eigenvalue weighted by atomic mass is 10.0. The van der Waals surface area contributed by atoms with E-state index in [0.717, 1.165) is 12.1 Å². The Bertz CT molecular complexity index is 1590. The predicted molar refractivity (Wildman–Crippen MR) is 144 cm³/mol. The minimum atomic E-state index is -3.93. The molecule has 0 atom stereocenters. The van der Waals surface area contributed by atoms with Gasteiger partial charge in [0.25, 0.3) is 15.9 Å². The van der Waals surface area contributed by atoms with Gasteiger partial charge < -0.3 is 10.1 Å². The maximum Gasteiger partial charge on any atom is 0.262 e. The van der Waals surface area contributed by atoms with Crippen molar-refractivity contribution in [1.82, 2.24) is 0 Å². The van der Waals surface area contributed by atoms with Crippen LogP contribution in [0.1, 0.15) is 21.5 Å². The highest BCUT2D eigenvalue weighted by Crippen LogP contribution is 2.26. The molecule has 4 rings (SSSR count). The molecule has 0 spiro atoms. The summed E-state index contributed by atoms with van der Waals surface area (Å²) < 4.78 is 46.4. The quantitative estimate of drug-likeness (QED) is 0.254. The molecule has 0 unspecified atom stereocenters. The summed E-state index contributed by atoms with van der Waals surface area (Å²) in [5.74, 6) is -1.00. The second-order valence-corrected chi connectivity index (χ2v) is 10.4. The van der Waals surface area contributed by atoms with Gasteiger partial charge in [-0.15, -0.1) is 0 Å². The summed E-state index contributed by atoms with van der Waals surface area (Å²) in [5, 5.41) is 3.01. The summed E-state index contributed by atoms with van der Waals surface area (Å²) in [7, 11) is -3.93. The standard InChI is InChI=1S/C28H22ClFN2O5S/c1-18-15-23(38(35,36)32-22-10-8-21(30)9-11-22)12-14-26(18)37-17-27(33)31-25-13-7-20(29)16-24(25)28(34)19-5-3-2-4-6-19/h2-16,32H,17H2,1H3,(H,31,33). The molecule has 0 aliphatic carbocycles. The molecule has 7 nitrogen and oxygen atoms in total. The Kier molecular flexibility index (Phi) is 8.09. The van der Waals surface area contributed by atoms with E-state index in [1.165, 1.54) is 42.5 Å². The molecular weight excluding hydrogens is 531 g/mol. The number of hydrogen-bond donors (Lipinski definition) is 2. The van der Waals surface area contributed by atoms with Gasteiger partial charge in [0.2, 0.25) is 0 Å². The van der Waals surface area contributed by atoms with Gasteiger partial charge in [-0.1, -0.05) is 41.9 Å². The molecule has 0 heterocycles. The third kappa shape index (κ3) is 6.56. The first-order valence-corrected chi connectivity index (χ1v) is 13.2. The van der Waals surface area contributed by atoms with E-state index in [4.69, 9.17) is 16.3 Å². The molecule has 0 aliphatic rings. The van der Waals surface area contributed by atoms with Crippen molar-refractivity contribution in [3.05, 3.63) is 119 Å². The van der Waals surface area contributed by atoms with Crippen LogP contribution in [0.15, 0.2) is 95.9 Å². The highest BCUT2D eigenvalue weighted by atomic mass is 35.5. The van der Waals surface area contributed by atoms with E-state index in [1.807, 2.05) is 0 Å². The smallest absolute Gasteiger partial charge is 0.262 e. The molecule has 10 heteroatoms. The maximum atomic E-state index is 13.1.